The third kappa shape index (κ3) is 5.99. The van der Waals surface area contributed by atoms with E-state index in [0.717, 1.165) is 65.8 Å². The molecule has 7 nitrogen and oxygen atoms in total. The van der Waals surface area contributed by atoms with Gasteiger partial charge < -0.3 is 14.0 Å². The molecule has 2 aromatic carbocycles. The molecule has 7 heteroatoms. The summed E-state index contributed by atoms with van der Waals surface area (Å²) in [5.41, 5.74) is 6.31. The zero-order valence-electron chi connectivity index (χ0n) is 24.2. The zero-order chi connectivity index (χ0) is 28.8. The fourth-order valence-electron chi connectivity index (χ4n) is 5.12. The average Bonchev–Trinajstić information content (AvgIpc) is 3.26. The first-order valence-electron chi connectivity index (χ1n) is 13.9. The average molecular weight is 541 g/mol. The molecule has 0 radical (unpaired) electrons. The van der Waals surface area contributed by atoms with Crippen LogP contribution in [0.15, 0.2) is 65.9 Å². The van der Waals surface area contributed by atoms with Gasteiger partial charge in [-0.1, -0.05) is 30.3 Å². The molecule has 0 aliphatic heterocycles. The van der Waals surface area contributed by atoms with E-state index in [0.29, 0.717) is 17.2 Å². The van der Waals surface area contributed by atoms with Gasteiger partial charge in [0, 0.05) is 30.7 Å². The first-order chi connectivity index (χ1) is 19.3. The highest BCUT2D eigenvalue weighted by Crippen LogP contribution is 2.42. The maximum Gasteiger partial charge on any atom is 0.268 e. The molecule has 1 saturated carbocycles. The van der Waals surface area contributed by atoms with Gasteiger partial charge in [-0.25, -0.2) is 5.84 Å². The molecule has 1 fully saturated rings. The maximum absolute atomic E-state index is 13.2. The molecular formula is C33H40N4O3. The third-order valence-corrected chi connectivity index (χ3v) is 8.05. The third-order valence-electron chi connectivity index (χ3n) is 8.05. The standard InChI is InChI=1S/C33H40N4O3/c1-22(11-12-23(2)40-5)24(3)37(35)33(38)27-16-14-26(15-17-27)32-30(21-34)29-18-13-25(8-7-19-39-4)20-31(29)36(32)28-9-6-10-28/h11-18,20,24,28H,6-10,19,35H2,1-5H3/b22-11+,23-12+. The molecule has 210 valence electrons. The van der Waals surface area contributed by atoms with Crippen molar-refractivity contribution in [3.8, 4) is 17.3 Å². The van der Waals surface area contributed by atoms with Gasteiger partial charge in [0.25, 0.3) is 5.91 Å². The molecule has 2 N–H and O–H groups in total. The van der Waals surface area contributed by atoms with E-state index in [9.17, 15) is 10.1 Å². The maximum atomic E-state index is 13.2. The van der Waals surface area contributed by atoms with Crippen LogP contribution in [0, 0.1) is 11.3 Å². The lowest BCUT2D eigenvalue weighted by Gasteiger charge is -2.30. The molecule has 40 heavy (non-hydrogen) atoms. The van der Waals surface area contributed by atoms with Gasteiger partial charge in [-0.2, -0.15) is 5.26 Å². The van der Waals surface area contributed by atoms with Crippen LogP contribution in [0.1, 0.15) is 74.0 Å². The van der Waals surface area contributed by atoms with E-state index >= 15 is 0 Å². The molecule has 0 spiro atoms. The molecule has 4 rings (SSSR count). The second kappa shape index (κ2) is 13.0. The van der Waals surface area contributed by atoms with Crippen molar-refractivity contribution in [1.29, 1.82) is 5.26 Å². The number of carbonyl (C=O) groups excluding carboxylic acids is 1. The van der Waals surface area contributed by atoms with Gasteiger partial charge in [0.05, 0.1) is 35.7 Å². The number of aryl methyl sites for hydroxylation is 1. The summed E-state index contributed by atoms with van der Waals surface area (Å²) in [4.78, 5) is 13.2. The fraction of sp³-hybridized carbons (Fsp3) is 0.394. The number of amides is 1. The number of aromatic nitrogens is 1. The van der Waals surface area contributed by atoms with Gasteiger partial charge >= 0.3 is 0 Å². The fourth-order valence-corrected chi connectivity index (χ4v) is 5.12. The van der Waals surface area contributed by atoms with Crippen molar-refractivity contribution >= 4 is 16.8 Å². The summed E-state index contributed by atoms with van der Waals surface area (Å²) in [5.74, 6) is 6.77. The number of hydrogen-bond donors (Lipinski definition) is 1. The Morgan fingerprint density at radius 3 is 2.50 bits per heavy atom. The van der Waals surface area contributed by atoms with E-state index in [-0.39, 0.29) is 11.9 Å². The number of nitrogens with two attached hydrogens (primary N) is 1. The number of allylic oxidation sites excluding steroid dienone is 3. The molecule has 3 aromatic rings. The van der Waals surface area contributed by atoms with E-state index in [1.165, 1.54) is 17.0 Å². The van der Waals surface area contributed by atoms with Crippen molar-refractivity contribution < 1.29 is 14.3 Å². The lowest BCUT2D eigenvalue weighted by molar-refractivity contribution is 0.0716. The van der Waals surface area contributed by atoms with Crippen LogP contribution in [0.5, 0.6) is 0 Å². The van der Waals surface area contributed by atoms with Crippen molar-refractivity contribution in [3.05, 3.63) is 82.6 Å². The number of hydrogen-bond acceptors (Lipinski definition) is 5. The predicted octanol–water partition coefficient (Wildman–Crippen LogP) is 6.68. The minimum absolute atomic E-state index is 0.264. The topological polar surface area (TPSA) is 93.5 Å². The first-order valence-corrected chi connectivity index (χ1v) is 13.9. The van der Waals surface area contributed by atoms with Gasteiger partial charge in [-0.3, -0.25) is 9.80 Å². The highest BCUT2D eigenvalue weighted by Gasteiger charge is 2.28. The van der Waals surface area contributed by atoms with E-state index in [1.807, 2.05) is 45.1 Å². The molecule has 1 amide bonds. The molecule has 1 aromatic heterocycles. The summed E-state index contributed by atoms with van der Waals surface area (Å²) in [6.07, 6.45) is 9.02. The molecule has 0 bridgehead atoms. The van der Waals surface area contributed by atoms with Crippen molar-refractivity contribution in [3.63, 3.8) is 0 Å². The van der Waals surface area contributed by atoms with E-state index < -0.39 is 0 Å². The second-order valence-corrected chi connectivity index (χ2v) is 10.6. The van der Waals surface area contributed by atoms with Crippen LogP contribution < -0.4 is 5.84 Å². The summed E-state index contributed by atoms with van der Waals surface area (Å²) in [6, 6.07) is 16.5. The van der Waals surface area contributed by atoms with Crippen molar-refractivity contribution in [2.45, 2.75) is 65.0 Å². The summed E-state index contributed by atoms with van der Waals surface area (Å²) in [6.45, 7) is 6.42. The molecular weight excluding hydrogens is 500 g/mol. The minimum Gasteiger partial charge on any atom is -0.501 e. The molecule has 1 unspecified atom stereocenters. The van der Waals surface area contributed by atoms with E-state index in [4.69, 9.17) is 15.3 Å². The van der Waals surface area contributed by atoms with Gasteiger partial charge in [-0.15, -0.1) is 0 Å². The Morgan fingerprint density at radius 2 is 1.90 bits per heavy atom. The monoisotopic (exact) mass is 540 g/mol. The minimum atomic E-state index is -0.294. The lowest BCUT2D eigenvalue weighted by Crippen LogP contribution is -2.44. The number of methoxy groups -OCH3 is 2. The Morgan fingerprint density at radius 1 is 1.18 bits per heavy atom. The van der Waals surface area contributed by atoms with Crippen LogP contribution in [-0.4, -0.2) is 42.4 Å². The summed E-state index contributed by atoms with van der Waals surface area (Å²) in [5, 5.41) is 12.5. The number of benzene rings is 2. The molecule has 1 aliphatic rings. The number of carbonyl (C=O) groups is 1. The van der Waals surface area contributed by atoms with Crippen LogP contribution in [0.2, 0.25) is 0 Å². The number of hydrazine groups is 1. The van der Waals surface area contributed by atoms with Gasteiger partial charge in [-0.05, 0) is 93.9 Å². The molecule has 0 saturated heterocycles. The Bertz CT molecular complexity index is 1460. The van der Waals surface area contributed by atoms with Crippen LogP contribution in [0.25, 0.3) is 22.2 Å². The number of nitriles is 1. The van der Waals surface area contributed by atoms with E-state index in [2.05, 4.69) is 28.8 Å². The lowest BCUT2D eigenvalue weighted by atomic mass is 9.92. The van der Waals surface area contributed by atoms with Crippen LogP contribution in [-0.2, 0) is 15.9 Å². The Labute approximate surface area is 237 Å². The number of fused-ring (bicyclic) bond motifs is 1. The van der Waals surface area contributed by atoms with Crippen LogP contribution >= 0.6 is 0 Å². The summed E-state index contributed by atoms with van der Waals surface area (Å²) in [7, 11) is 3.34. The summed E-state index contributed by atoms with van der Waals surface area (Å²) >= 11 is 0. The van der Waals surface area contributed by atoms with Crippen molar-refractivity contribution in [1.82, 2.24) is 9.58 Å². The molecule has 1 atom stereocenters. The van der Waals surface area contributed by atoms with Crippen molar-refractivity contribution in [2.24, 2.45) is 5.84 Å². The normalized spacial score (nSPS) is 15.0. The largest absolute Gasteiger partial charge is 0.501 e. The second-order valence-electron chi connectivity index (χ2n) is 10.6. The predicted molar refractivity (Wildman–Crippen MR) is 160 cm³/mol. The number of nitrogens with zero attached hydrogens (tertiary/aromatic N) is 3. The van der Waals surface area contributed by atoms with Gasteiger partial charge in [0.1, 0.15) is 6.07 Å². The van der Waals surface area contributed by atoms with Crippen molar-refractivity contribution in [2.75, 3.05) is 20.8 Å². The Balaban J connectivity index is 1.67. The Kier molecular flexibility index (Phi) is 9.46. The van der Waals surface area contributed by atoms with E-state index in [1.54, 1.807) is 26.4 Å². The quantitative estimate of drug-likeness (QED) is 0.0731. The smallest absolute Gasteiger partial charge is 0.268 e. The summed E-state index contributed by atoms with van der Waals surface area (Å²) < 4.78 is 12.8. The SMILES string of the molecule is COCCCc1ccc2c(C#N)c(-c3ccc(C(=O)N(N)C(C)/C(C)=C/C=C(\C)OC)cc3)n(C3CCC3)c2c1. The zero-order valence-corrected chi connectivity index (χ0v) is 24.2. The highest BCUT2D eigenvalue weighted by atomic mass is 16.5. The number of rotatable bonds is 11. The van der Waals surface area contributed by atoms with Gasteiger partial charge in [0.2, 0.25) is 0 Å². The van der Waals surface area contributed by atoms with Gasteiger partial charge in [0.15, 0.2) is 0 Å². The molecule has 1 heterocycles. The number of ether oxygens (including phenoxy) is 2. The first kappa shape index (κ1) is 29.1. The highest BCUT2D eigenvalue weighted by molar-refractivity contribution is 5.97. The molecule has 1 aliphatic carbocycles. The van der Waals surface area contributed by atoms with Crippen LogP contribution in [0.3, 0.4) is 0 Å². The van der Waals surface area contributed by atoms with Crippen LogP contribution in [0.4, 0.5) is 0 Å². The Hall–Kier alpha value is -3.86.